The quantitative estimate of drug-likeness (QED) is 0.0507. The molecule has 43 heavy (non-hydrogen) atoms. The molecule has 0 bridgehead atoms. The lowest BCUT2D eigenvalue weighted by Crippen LogP contribution is -2.34. The van der Waals surface area contributed by atoms with E-state index in [1.165, 1.54) is 13.8 Å². The van der Waals surface area contributed by atoms with Gasteiger partial charge in [0.2, 0.25) is 0 Å². The SMILES string of the molecule is C=C(C)C(=O)OCCC[Si](O)(O)O.CCC(CC(C)C(=O)OCCC[Si](O)(O)O)C(C)=O.CCC(CCC(C)=O)C(C)=O. The van der Waals surface area contributed by atoms with E-state index in [0.29, 0.717) is 24.8 Å². The minimum atomic E-state index is -4.04. The van der Waals surface area contributed by atoms with Gasteiger partial charge in [0.25, 0.3) is 0 Å². The lowest BCUT2D eigenvalue weighted by molar-refractivity contribution is -0.148. The standard InChI is InChI=1S/C12H24O6Si.C9H16O2.C7H14O5Si/c1-4-11(10(3)13)8-9(2)12(14)18-6-5-7-19(15,16)17;1-4-9(8(3)11)6-5-7(2)10;1-6(2)7(8)12-4-3-5-13(9,10)11/h9,11,15-17H,4-8H2,1-3H3;9H,4-6H2,1-3H3;9-11H,1,3-5H2,2H3. The Morgan fingerprint density at radius 1 is 0.721 bits per heavy atom. The van der Waals surface area contributed by atoms with Crippen molar-refractivity contribution in [1.29, 1.82) is 0 Å². The van der Waals surface area contributed by atoms with Gasteiger partial charge in [0.05, 0.1) is 19.1 Å². The Morgan fingerprint density at radius 2 is 1.14 bits per heavy atom. The molecule has 3 atom stereocenters. The lowest BCUT2D eigenvalue weighted by atomic mass is 9.91. The third-order valence-electron chi connectivity index (χ3n) is 6.16. The van der Waals surface area contributed by atoms with Crippen molar-refractivity contribution in [2.24, 2.45) is 17.8 Å². The van der Waals surface area contributed by atoms with E-state index in [1.807, 2.05) is 13.8 Å². The molecule has 0 saturated heterocycles. The van der Waals surface area contributed by atoms with Gasteiger partial charge >= 0.3 is 29.5 Å². The molecule has 3 unspecified atom stereocenters. The van der Waals surface area contributed by atoms with E-state index in [1.54, 1.807) is 20.8 Å². The Bertz CT molecular complexity index is 864. The number of esters is 2. The summed E-state index contributed by atoms with van der Waals surface area (Å²) in [6.45, 7) is 15.2. The summed E-state index contributed by atoms with van der Waals surface area (Å²) in [6, 6.07) is -0.282. The number of ketones is 3. The number of ether oxygens (including phenoxy) is 2. The second-order valence-corrected chi connectivity index (χ2v) is 14.7. The number of carbonyl (C=O) groups is 5. The van der Waals surface area contributed by atoms with Crippen LogP contribution in [0.15, 0.2) is 12.2 Å². The topological polar surface area (TPSA) is 225 Å². The van der Waals surface area contributed by atoms with Crippen molar-refractivity contribution in [3.63, 3.8) is 0 Å². The minimum absolute atomic E-state index is 0.0382. The van der Waals surface area contributed by atoms with Gasteiger partial charge in [-0.25, -0.2) is 4.79 Å². The molecule has 0 aromatic heterocycles. The van der Waals surface area contributed by atoms with Gasteiger partial charge in [0, 0.05) is 35.9 Å². The predicted octanol–water partition coefficient (Wildman–Crippen LogP) is 1.86. The van der Waals surface area contributed by atoms with E-state index >= 15 is 0 Å². The van der Waals surface area contributed by atoms with Crippen molar-refractivity contribution in [1.82, 2.24) is 0 Å². The van der Waals surface area contributed by atoms with E-state index in [0.717, 1.165) is 12.8 Å². The van der Waals surface area contributed by atoms with Crippen molar-refractivity contribution in [2.45, 2.75) is 106 Å². The fourth-order valence-electron chi connectivity index (χ4n) is 3.44. The van der Waals surface area contributed by atoms with Crippen LogP contribution in [-0.2, 0) is 33.4 Å². The lowest BCUT2D eigenvalue weighted by Gasteiger charge is -2.16. The molecule has 6 N–H and O–H groups in total. The first-order chi connectivity index (χ1) is 19.6. The number of hydrogen-bond acceptors (Lipinski definition) is 13. The minimum Gasteiger partial charge on any atom is -0.465 e. The number of hydrogen-bond donors (Lipinski definition) is 6. The first-order valence-electron chi connectivity index (χ1n) is 14.4. The highest BCUT2D eigenvalue weighted by molar-refractivity contribution is 6.56. The van der Waals surface area contributed by atoms with Crippen LogP contribution in [0.25, 0.3) is 0 Å². The van der Waals surface area contributed by atoms with E-state index in [9.17, 15) is 24.0 Å². The summed E-state index contributed by atoms with van der Waals surface area (Å²) in [5, 5.41) is 0. The Kier molecular flexibility index (Phi) is 25.5. The molecule has 15 heteroatoms. The zero-order chi connectivity index (χ0) is 34.4. The molecular weight excluding hydrogens is 600 g/mol. The zero-order valence-corrected chi connectivity index (χ0v) is 28.8. The molecule has 0 spiro atoms. The molecule has 0 aliphatic rings. The van der Waals surface area contributed by atoms with Gasteiger partial charge < -0.3 is 43.0 Å². The highest BCUT2D eigenvalue weighted by atomic mass is 28.4. The van der Waals surface area contributed by atoms with Crippen LogP contribution in [-0.4, -0.2) is 88.9 Å². The summed E-state index contributed by atoms with van der Waals surface area (Å²) >= 11 is 0. The summed E-state index contributed by atoms with van der Waals surface area (Å²) in [5.74, 6) is -0.874. The molecule has 0 rings (SSSR count). The van der Waals surface area contributed by atoms with Gasteiger partial charge in [-0.05, 0) is 66.2 Å². The molecule has 0 heterocycles. The van der Waals surface area contributed by atoms with Crippen LogP contribution in [0.1, 0.15) is 93.4 Å². The fourth-order valence-corrected chi connectivity index (χ4v) is 4.67. The van der Waals surface area contributed by atoms with Crippen molar-refractivity contribution >= 4 is 46.9 Å². The molecule has 252 valence electrons. The first kappa shape index (κ1) is 45.3. The molecule has 0 amide bonds. The Labute approximate surface area is 257 Å². The fraction of sp³-hybridized carbons (Fsp3) is 0.750. The third kappa shape index (κ3) is 31.1. The van der Waals surface area contributed by atoms with Crippen LogP contribution in [0.2, 0.25) is 12.1 Å². The van der Waals surface area contributed by atoms with Crippen molar-refractivity contribution < 1.29 is 62.2 Å². The molecule has 0 radical (unpaired) electrons. The van der Waals surface area contributed by atoms with Crippen LogP contribution in [0.5, 0.6) is 0 Å². The highest BCUT2D eigenvalue weighted by Crippen LogP contribution is 2.18. The maximum absolute atomic E-state index is 11.6. The molecule has 0 fully saturated rings. The van der Waals surface area contributed by atoms with Crippen LogP contribution in [0, 0.1) is 17.8 Å². The maximum Gasteiger partial charge on any atom is 0.492 e. The largest absolute Gasteiger partial charge is 0.492 e. The summed E-state index contributed by atoms with van der Waals surface area (Å²) < 4.78 is 9.61. The van der Waals surface area contributed by atoms with Crippen LogP contribution in [0.3, 0.4) is 0 Å². The average molecular weight is 655 g/mol. The average Bonchev–Trinajstić information content (AvgIpc) is 2.86. The van der Waals surface area contributed by atoms with Gasteiger partial charge in [-0.1, -0.05) is 27.4 Å². The third-order valence-corrected chi connectivity index (χ3v) is 8.21. The second-order valence-electron chi connectivity index (χ2n) is 10.6. The summed E-state index contributed by atoms with van der Waals surface area (Å²) in [5.41, 5.74) is 0.292. The molecule has 0 aromatic carbocycles. The maximum atomic E-state index is 11.6. The van der Waals surface area contributed by atoms with Crippen molar-refractivity contribution in [3.05, 3.63) is 12.2 Å². The summed E-state index contributed by atoms with van der Waals surface area (Å²) in [6.07, 6.45) is 3.71. The van der Waals surface area contributed by atoms with Gasteiger partial charge in [-0.2, -0.15) is 0 Å². The smallest absolute Gasteiger partial charge is 0.465 e. The molecular formula is C28H54O13Si2. The van der Waals surface area contributed by atoms with Crippen molar-refractivity contribution in [2.75, 3.05) is 13.2 Å². The van der Waals surface area contributed by atoms with Crippen LogP contribution >= 0.6 is 0 Å². The number of rotatable bonds is 19. The van der Waals surface area contributed by atoms with Crippen molar-refractivity contribution in [3.8, 4) is 0 Å². The Morgan fingerprint density at radius 3 is 1.47 bits per heavy atom. The normalized spacial score (nSPS) is 13.1. The molecule has 0 aliphatic carbocycles. The molecule has 0 aromatic rings. The van der Waals surface area contributed by atoms with E-state index in [4.69, 9.17) is 33.5 Å². The Hall–Kier alpha value is -2.12. The Balaban J connectivity index is -0.000000585. The zero-order valence-electron chi connectivity index (χ0n) is 26.8. The monoisotopic (exact) mass is 654 g/mol. The van der Waals surface area contributed by atoms with Gasteiger partial charge in [-0.15, -0.1) is 0 Å². The van der Waals surface area contributed by atoms with E-state index in [2.05, 4.69) is 11.3 Å². The van der Waals surface area contributed by atoms with Gasteiger partial charge in [-0.3, -0.25) is 14.4 Å². The second kappa shape index (κ2) is 24.2. The number of Topliss-reactive ketones (excluding diaryl/α,β-unsaturated/α-hetero) is 3. The highest BCUT2D eigenvalue weighted by Gasteiger charge is 2.27. The molecule has 0 saturated carbocycles. The van der Waals surface area contributed by atoms with Crippen LogP contribution < -0.4 is 0 Å². The van der Waals surface area contributed by atoms with E-state index in [-0.39, 0.29) is 73.2 Å². The van der Waals surface area contributed by atoms with Gasteiger partial charge in [0.1, 0.15) is 17.3 Å². The summed E-state index contributed by atoms with van der Waals surface area (Å²) in [4.78, 5) is 107. The summed E-state index contributed by atoms with van der Waals surface area (Å²) in [7, 11) is -8.01. The predicted molar refractivity (Wildman–Crippen MR) is 163 cm³/mol. The molecule has 13 nitrogen and oxygen atoms in total. The molecule has 0 aliphatic heterocycles. The first-order valence-corrected chi connectivity index (χ1v) is 18.5. The number of carbonyl (C=O) groups excluding carboxylic acids is 5. The van der Waals surface area contributed by atoms with Gasteiger partial charge in [0.15, 0.2) is 0 Å². The van der Waals surface area contributed by atoms with E-state index < -0.39 is 29.5 Å². The van der Waals surface area contributed by atoms with Crippen LogP contribution in [0.4, 0.5) is 0 Å².